The quantitative estimate of drug-likeness (QED) is 0.298. The molecule has 1 heteroatoms. The van der Waals surface area contributed by atoms with Crippen LogP contribution < -0.4 is 0 Å². The first-order valence-electron chi connectivity index (χ1n) is 8.54. The number of unbranched alkanes of at least 4 members (excludes halogenated alkanes) is 1. The first-order valence-corrected chi connectivity index (χ1v) is 8.54. The Kier molecular flexibility index (Phi) is 7.04. The third-order valence-electron chi connectivity index (χ3n) is 4.71. The van der Waals surface area contributed by atoms with Crippen molar-refractivity contribution in [3.63, 3.8) is 0 Å². The fraction of sp³-hybridized carbons (Fsp3) is 0.217. The van der Waals surface area contributed by atoms with Gasteiger partial charge < -0.3 is 0 Å². The normalized spacial score (nSPS) is 10.9. The molecule has 0 aromatic heterocycles. The molecule has 0 N–H and O–H groups in total. The summed E-state index contributed by atoms with van der Waals surface area (Å²) in [7, 11) is 0. The van der Waals surface area contributed by atoms with E-state index in [1.54, 1.807) is 0 Å². The van der Waals surface area contributed by atoms with Crippen LogP contribution in [0, 0.1) is 0 Å². The third-order valence-corrected chi connectivity index (χ3v) is 4.71. The van der Waals surface area contributed by atoms with Gasteiger partial charge in [-0.1, -0.05) is 111 Å². The number of hydrogen-bond acceptors (Lipinski definition) is 0. The molecule has 124 valence electrons. The second-order valence-corrected chi connectivity index (χ2v) is 6.11. The SMILES string of the molecule is CCCCC(c1ccccc1)(c1ccccc1)c1ccccc1.I. The van der Waals surface area contributed by atoms with Crippen molar-refractivity contribution in [1.29, 1.82) is 0 Å². The van der Waals surface area contributed by atoms with Crippen molar-refractivity contribution >= 4 is 24.0 Å². The highest BCUT2D eigenvalue weighted by Gasteiger charge is 2.35. The van der Waals surface area contributed by atoms with Gasteiger partial charge in [-0.15, -0.1) is 24.0 Å². The van der Waals surface area contributed by atoms with Crippen LogP contribution in [0.15, 0.2) is 91.0 Å². The maximum absolute atomic E-state index is 2.27. The van der Waals surface area contributed by atoms with Gasteiger partial charge in [-0.05, 0) is 23.1 Å². The van der Waals surface area contributed by atoms with E-state index in [1.165, 1.54) is 29.5 Å². The van der Waals surface area contributed by atoms with Crippen LogP contribution in [0.5, 0.6) is 0 Å². The van der Waals surface area contributed by atoms with Crippen LogP contribution in [-0.2, 0) is 5.41 Å². The maximum atomic E-state index is 2.27. The summed E-state index contributed by atoms with van der Waals surface area (Å²) in [5.41, 5.74) is 4.07. The van der Waals surface area contributed by atoms with Crippen LogP contribution in [0.4, 0.5) is 0 Å². The molecular weight excluding hydrogens is 403 g/mol. The van der Waals surface area contributed by atoms with Crippen molar-refractivity contribution in [2.24, 2.45) is 0 Å². The molecule has 0 saturated carbocycles. The predicted octanol–water partition coefficient (Wildman–Crippen LogP) is 6.83. The second kappa shape index (κ2) is 9.03. The van der Waals surface area contributed by atoms with Gasteiger partial charge in [0.2, 0.25) is 0 Å². The Labute approximate surface area is 163 Å². The monoisotopic (exact) mass is 428 g/mol. The minimum atomic E-state index is -0.0697. The standard InChI is InChI=1S/C23H24.HI/c1-2-3-19-23(20-13-7-4-8-14-20,21-15-9-5-10-16-21)22-17-11-6-12-18-22;/h4-18H,2-3,19H2,1H3;1H. The molecule has 0 fully saturated rings. The van der Waals surface area contributed by atoms with Crippen molar-refractivity contribution in [3.8, 4) is 0 Å². The minimum Gasteiger partial charge on any atom is -0.107 e. The Morgan fingerprint density at radius 1 is 0.583 bits per heavy atom. The van der Waals surface area contributed by atoms with Gasteiger partial charge >= 0.3 is 0 Å². The van der Waals surface area contributed by atoms with Crippen molar-refractivity contribution < 1.29 is 0 Å². The summed E-state index contributed by atoms with van der Waals surface area (Å²) in [6, 6.07) is 32.9. The van der Waals surface area contributed by atoms with E-state index in [1.807, 2.05) is 0 Å². The highest BCUT2D eigenvalue weighted by molar-refractivity contribution is 14.0. The molecule has 0 radical (unpaired) electrons. The van der Waals surface area contributed by atoms with E-state index in [2.05, 4.69) is 97.9 Å². The lowest BCUT2D eigenvalue weighted by atomic mass is 9.66. The third kappa shape index (κ3) is 3.72. The van der Waals surface area contributed by atoms with Crippen molar-refractivity contribution in [2.75, 3.05) is 0 Å². The van der Waals surface area contributed by atoms with Gasteiger partial charge in [-0.3, -0.25) is 0 Å². The van der Waals surface area contributed by atoms with Crippen molar-refractivity contribution in [3.05, 3.63) is 108 Å². The predicted molar refractivity (Wildman–Crippen MR) is 114 cm³/mol. The van der Waals surface area contributed by atoms with Crippen molar-refractivity contribution in [2.45, 2.75) is 31.6 Å². The van der Waals surface area contributed by atoms with E-state index in [9.17, 15) is 0 Å². The molecule has 0 nitrogen and oxygen atoms in total. The smallest absolute Gasteiger partial charge is 0.0451 e. The second-order valence-electron chi connectivity index (χ2n) is 6.11. The Morgan fingerprint density at radius 3 is 1.21 bits per heavy atom. The summed E-state index contributed by atoms with van der Waals surface area (Å²) in [5, 5.41) is 0. The van der Waals surface area contributed by atoms with Gasteiger partial charge in [-0.25, -0.2) is 0 Å². The zero-order valence-electron chi connectivity index (χ0n) is 14.2. The van der Waals surface area contributed by atoms with Crippen LogP contribution >= 0.6 is 24.0 Å². The highest BCUT2D eigenvalue weighted by Crippen LogP contribution is 2.43. The fourth-order valence-electron chi connectivity index (χ4n) is 3.54. The number of hydrogen-bond donors (Lipinski definition) is 0. The van der Waals surface area contributed by atoms with E-state index >= 15 is 0 Å². The van der Waals surface area contributed by atoms with Gasteiger partial charge in [0.05, 0.1) is 0 Å². The van der Waals surface area contributed by atoms with Crippen LogP contribution in [0.25, 0.3) is 0 Å². The van der Waals surface area contributed by atoms with E-state index in [4.69, 9.17) is 0 Å². The molecule has 0 aliphatic heterocycles. The topological polar surface area (TPSA) is 0 Å². The van der Waals surface area contributed by atoms with Crippen LogP contribution in [0.1, 0.15) is 42.9 Å². The minimum absolute atomic E-state index is 0. The highest BCUT2D eigenvalue weighted by atomic mass is 127. The number of benzene rings is 3. The average Bonchev–Trinajstić information content (AvgIpc) is 2.65. The summed E-state index contributed by atoms with van der Waals surface area (Å²) in [4.78, 5) is 0. The maximum Gasteiger partial charge on any atom is 0.0451 e. The van der Waals surface area contributed by atoms with Gasteiger partial charge in [0.25, 0.3) is 0 Å². The van der Waals surface area contributed by atoms with Crippen molar-refractivity contribution in [1.82, 2.24) is 0 Å². The Bertz CT molecular complexity index is 608. The van der Waals surface area contributed by atoms with Crippen LogP contribution in [0.3, 0.4) is 0 Å². The Morgan fingerprint density at radius 2 is 0.917 bits per heavy atom. The molecule has 0 aliphatic rings. The van der Waals surface area contributed by atoms with Gasteiger partial charge in [0.1, 0.15) is 0 Å². The van der Waals surface area contributed by atoms with Gasteiger partial charge in [-0.2, -0.15) is 0 Å². The first-order chi connectivity index (χ1) is 11.4. The van der Waals surface area contributed by atoms with Crippen LogP contribution in [0.2, 0.25) is 0 Å². The summed E-state index contributed by atoms with van der Waals surface area (Å²) in [5.74, 6) is 0. The summed E-state index contributed by atoms with van der Waals surface area (Å²) >= 11 is 0. The molecule has 0 unspecified atom stereocenters. The summed E-state index contributed by atoms with van der Waals surface area (Å²) < 4.78 is 0. The molecule has 0 amide bonds. The van der Waals surface area contributed by atoms with Crippen LogP contribution in [-0.4, -0.2) is 0 Å². The number of rotatable bonds is 6. The molecule has 0 bridgehead atoms. The van der Waals surface area contributed by atoms with Gasteiger partial charge in [0.15, 0.2) is 0 Å². The Balaban J connectivity index is 0.00000208. The lowest BCUT2D eigenvalue weighted by Gasteiger charge is -2.36. The summed E-state index contributed by atoms with van der Waals surface area (Å²) in [6.45, 7) is 2.27. The van der Waals surface area contributed by atoms with E-state index in [0.29, 0.717) is 0 Å². The molecule has 24 heavy (non-hydrogen) atoms. The molecule has 3 rings (SSSR count). The molecule has 0 spiro atoms. The lowest BCUT2D eigenvalue weighted by Crippen LogP contribution is -2.29. The largest absolute Gasteiger partial charge is 0.107 e. The fourth-order valence-corrected chi connectivity index (χ4v) is 3.54. The molecule has 3 aromatic carbocycles. The average molecular weight is 428 g/mol. The van der Waals surface area contributed by atoms with E-state index < -0.39 is 0 Å². The molecule has 0 aliphatic carbocycles. The molecular formula is C23H25I. The van der Waals surface area contributed by atoms with Gasteiger partial charge in [0, 0.05) is 5.41 Å². The summed E-state index contributed by atoms with van der Waals surface area (Å²) in [6.07, 6.45) is 3.54. The zero-order valence-corrected chi connectivity index (χ0v) is 16.5. The first kappa shape index (κ1) is 18.7. The Hall–Kier alpha value is -1.61. The number of halogens is 1. The van der Waals surface area contributed by atoms with E-state index in [-0.39, 0.29) is 29.4 Å². The zero-order chi connectivity index (χ0) is 16.0. The molecule has 0 heterocycles. The molecule has 0 atom stereocenters. The molecule has 3 aromatic rings. The lowest BCUT2D eigenvalue weighted by molar-refractivity contribution is 0.527. The van der Waals surface area contributed by atoms with E-state index in [0.717, 1.165) is 6.42 Å². The molecule has 0 saturated heterocycles.